The van der Waals surface area contributed by atoms with E-state index in [1.165, 1.54) is 0 Å². The van der Waals surface area contributed by atoms with Crippen LogP contribution in [-0.2, 0) is 10.3 Å². The monoisotopic (exact) mass is 180 g/mol. The fraction of sp³-hybridized carbons (Fsp3) is 0.500. The number of ether oxygens (including phenoxy) is 1. The molecule has 1 aromatic heterocycles. The van der Waals surface area contributed by atoms with E-state index < -0.39 is 0 Å². The Morgan fingerprint density at radius 1 is 1.62 bits per heavy atom. The van der Waals surface area contributed by atoms with Crippen molar-refractivity contribution in [1.82, 2.24) is 9.78 Å². The molecule has 0 spiro atoms. The standard InChI is InChI=1S/C10H16N2O/c1-8-6-11-12(7-8)10(3,4)9(2)13-5/h6-7H,2H2,1,3-5H3. The van der Waals surface area contributed by atoms with Crippen LogP contribution in [0, 0.1) is 6.92 Å². The molecule has 3 heteroatoms. The summed E-state index contributed by atoms with van der Waals surface area (Å²) in [7, 11) is 1.63. The maximum atomic E-state index is 5.12. The van der Waals surface area contributed by atoms with Crippen LogP contribution in [0.1, 0.15) is 19.4 Å². The van der Waals surface area contributed by atoms with Crippen LogP contribution >= 0.6 is 0 Å². The lowest BCUT2D eigenvalue weighted by molar-refractivity contribution is 0.188. The normalized spacial score (nSPS) is 11.4. The van der Waals surface area contributed by atoms with Crippen LogP contribution < -0.4 is 0 Å². The van der Waals surface area contributed by atoms with Gasteiger partial charge in [0.2, 0.25) is 0 Å². The van der Waals surface area contributed by atoms with Crippen LogP contribution in [-0.4, -0.2) is 16.9 Å². The zero-order chi connectivity index (χ0) is 10.1. The van der Waals surface area contributed by atoms with Gasteiger partial charge in [0.15, 0.2) is 0 Å². The van der Waals surface area contributed by atoms with E-state index in [1.807, 2.05) is 37.8 Å². The van der Waals surface area contributed by atoms with Crippen LogP contribution in [0.3, 0.4) is 0 Å². The van der Waals surface area contributed by atoms with Gasteiger partial charge in [-0.15, -0.1) is 0 Å². The van der Waals surface area contributed by atoms with E-state index in [0.29, 0.717) is 5.76 Å². The average Bonchev–Trinajstić information content (AvgIpc) is 2.50. The van der Waals surface area contributed by atoms with Gasteiger partial charge in [-0.05, 0) is 26.3 Å². The third kappa shape index (κ3) is 1.74. The lowest BCUT2D eigenvalue weighted by Gasteiger charge is -2.26. The predicted octanol–water partition coefficient (Wildman–Crippen LogP) is 2.09. The number of methoxy groups -OCH3 is 1. The number of allylic oxidation sites excluding steroid dienone is 1. The van der Waals surface area contributed by atoms with Crippen molar-refractivity contribution in [2.24, 2.45) is 0 Å². The Balaban J connectivity index is 2.99. The van der Waals surface area contributed by atoms with Crippen LogP contribution in [0.25, 0.3) is 0 Å². The molecule has 0 saturated carbocycles. The first-order valence-corrected chi connectivity index (χ1v) is 4.23. The first-order chi connectivity index (χ1) is 5.98. The third-order valence-electron chi connectivity index (χ3n) is 2.21. The molecule has 0 bridgehead atoms. The molecule has 1 aromatic rings. The van der Waals surface area contributed by atoms with Gasteiger partial charge >= 0.3 is 0 Å². The molecule has 1 heterocycles. The molecular formula is C10H16N2O. The van der Waals surface area contributed by atoms with Gasteiger partial charge in [-0.2, -0.15) is 5.10 Å². The maximum Gasteiger partial charge on any atom is 0.115 e. The summed E-state index contributed by atoms with van der Waals surface area (Å²) in [5, 5.41) is 4.23. The molecule has 0 N–H and O–H groups in total. The van der Waals surface area contributed by atoms with E-state index in [4.69, 9.17) is 4.74 Å². The van der Waals surface area contributed by atoms with Crippen LogP contribution in [0.4, 0.5) is 0 Å². The second kappa shape index (κ2) is 3.24. The highest BCUT2D eigenvalue weighted by Gasteiger charge is 2.25. The zero-order valence-corrected chi connectivity index (χ0v) is 8.66. The number of rotatable bonds is 3. The Morgan fingerprint density at radius 2 is 2.23 bits per heavy atom. The van der Waals surface area contributed by atoms with Crippen molar-refractivity contribution in [2.45, 2.75) is 26.3 Å². The topological polar surface area (TPSA) is 27.1 Å². The smallest absolute Gasteiger partial charge is 0.115 e. The van der Waals surface area contributed by atoms with Crippen molar-refractivity contribution >= 4 is 0 Å². The molecule has 0 amide bonds. The molecule has 0 atom stereocenters. The minimum atomic E-state index is -0.289. The molecule has 3 nitrogen and oxygen atoms in total. The lowest BCUT2D eigenvalue weighted by Crippen LogP contribution is -2.29. The van der Waals surface area contributed by atoms with Crippen molar-refractivity contribution in [2.75, 3.05) is 7.11 Å². The molecule has 0 unspecified atom stereocenters. The zero-order valence-electron chi connectivity index (χ0n) is 8.66. The van der Waals surface area contributed by atoms with Crippen LogP contribution in [0.5, 0.6) is 0 Å². The predicted molar refractivity (Wildman–Crippen MR) is 52.4 cm³/mol. The summed E-state index contributed by atoms with van der Waals surface area (Å²) in [6, 6.07) is 0. The van der Waals surface area contributed by atoms with E-state index in [1.54, 1.807) is 7.11 Å². The van der Waals surface area contributed by atoms with Gasteiger partial charge in [0.25, 0.3) is 0 Å². The Bertz CT molecular complexity index is 312. The molecule has 0 aliphatic rings. The van der Waals surface area contributed by atoms with Crippen molar-refractivity contribution in [1.29, 1.82) is 0 Å². The largest absolute Gasteiger partial charge is 0.499 e. The third-order valence-corrected chi connectivity index (χ3v) is 2.21. The fourth-order valence-corrected chi connectivity index (χ4v) is 1.10. The summed E-state index contributed by atoms with van der Waals surface area (Å²) in [5.41, 5.74) is 0.847. The summed E-state index contributed by atoms with van der Waals surface area (Å²) in [6.45, 7) is 9.89. The quantitative estimate of drug-likeness (QED) is 0.666. The minimum Gasteiger partial charge on any atom is -0.499 e. The van der Waals surface area contributed by atoms with Gasteiger partial charge in [0.1, 0.15) is 11.3 Å². The molecule has 0 aliphatic heterocycles. The lowest BCUT2D eigenvalue weighted by atomic mass is 10.0. The first-order valence-electron chi connectivity index (χ1n) is 4.23. The number of nitrogens with zero attached hydrogens (tertiary/aromatic N) is 2. The van der Waals surface area contributed by atoms with Gasteiger partial charge in [-0.1, -0.05) is 6.58 Å². The molecule has 0 radical (unpaired) electrons. The van der Waals surface area contributed by atoms with E-state index in [9.17, 15) is 0 Å². The molecule has 0 fully saturated rings. The summed E-state index contributed by atoms with van der Waals surface area (Å²) >= 11 is 0. The number of hydrogen-bond donors (Lipinski definition) is 0. The van der Waals surface area contributed by atoms with Gasteiger partial charge < -0.3 is 4.74 Å². The van der Waals surface area contributed by atoms with Crippen molar-refractivity contribution < 1.29 is 4.74 Å². The molecule has 0 saturated heterocycles. The Morgan fingerprint density at radius 3 is 2.62 bits per heavy atom. The van der Waals surface area contributed by atoms with Crippen molar-refractivity contribution in [3.05, 3.63) is 30.3 Å². The van der Waals surface area contributed by atoms with Crippen molar-refractivity contribution in [3.8, 4) is 0 Å². The van der Waals surface area contributed by atoms with Crippen LogP contribution in [0.2, 0.25) is 0 Å². The highest BCUT2D eigenvalue weighted by Crippen LogP contribution is 2.23. The van der Waals surface area contributed by atoms with Gasteiger partial charge in [0.05, 0.1) is 13.3 Å². The number of hydrogen-bond acceptors (Lipinski definition) is 2. The van der Waals surface area contributed by atoms with Gasteiger partial charge in [-0.3, -0.25) is 4.68 Å². The Labute approximate surface area is 79.0 Å². The first kappa shape index (κ1) is 9.84. The molecule has 0 aromatic carbocycles. The molecule has 13 heavy (non-hydrogen) atoms. The minimum absolute atomic E-state index is 0.289. The molecule has 72 valence electrons. The van der Waals surface area contributed by atoms with E-state index in [-0.39, 0.29) is 5.54 Å². The van der Waals surface area contributed by atoms with Crippen LogP contribution in [0.15, 0.2) is 24.7 Å². The highest BCUT2D eigenvalue weighted by molar-refractivity contribution is 5.08. The fourth-order valence-electron chi connectivity index (χ4n) is 1.10. The van der Waals surface area contributed by atoms with E-state index >= 15 is 0 Å². The summed E-state index contributed by atoms with van der Waals surface area (Å²) in [5.74, 6) is 0.704. The summed E-state index contributed by atoms with van der Waals surface area (Å²) < 4.78 is 6.98. The second-order valence-electron chi connectivity index (χ2n) is 3.65. The summed E-state index contributed by atoms with van der Waals surface area (Å²) in [4.78, 5) is 0. The molecular weight excluding hydrogens is 164 g/mol. The second-order valence-corrected chi connectivity index (χ2v) is 3.65. The van der Waals surface area contributed by atoms with E-state index in [0.717, 1.165) is 5.56 Å². The van der Waals surface area contributed by atoms with Gasteiger partial charge in [-0.25, -0.2) is 0 Å². The molecule has 1 rings (SSSR count). The van der Waals surface area contributed by atoms with Crippen molar-refractivity contribution in [3.63, 3.8) is 0 Å². The Kier molecular flexibility index (Phi) is 2.45. The average molecular weight is 180 g/mol. The number of aromatic nitrogens is 2. The van der Waals surface area contributed by atoms with Gasteiger partial charge in [0, 0.05) is 6.20 Å². The maximum absolute atomic E-state index is 5.12. The summed E-state index contributed by atoms with van der Waals surface area (Å²) in [6.07, 6.45) is 3.80. The van der Waals surface area contributed by atoms with E-state index in [2.05, 4.69) is 11.7 Å². The Hall–Kier alpha value is -1.25. The molecule has 0 aliphatic carbocycles. The SMILES string of the molecule is C=C(OC)C(C)(C)n1cc(C)cn1. The number of aryl methyl sites for hydroxylation is 1. The highest BCUT2D eigenvalue weighted by atomic mass is 16.5.